The van der Waals surface area contributed by atoms with Crippen molar-refractivity contribution in [2.24, 2.45) is 16.8 Å². The molecule has 1 heterocycles. The van der Waals surface area contributed by atoms with Crippen LogP contribution in [0.25, 0.3) is 11.1 Å². The Balaban J connectivity index is 2.06. The lowest BCUT2D eigenvalue weighted by atomic mass is 9.82. The number of aromatic nitrogens is 1. The zero-order valence-electron chi connectivity index (χ0n) is 20.3. The number of nitrogens with two attached hydrogens (primary N) is 2. The molecule has 4 N–H and O–H groups in total. The summed E-state index contributed by atoms with van der Waals surface area (Å²) < 4.78 is 93.4. The van der Waals surface area contributed by atoms with Crippen LogP contribution in [0.2, 0.25) is 0 Å². The second kappa shape index (κ2) is 11.3. The first-order chi connectivity index (χ1) is 17.8. The third-order valence-electron chi connectivity index (χ3n) is 5.65. The average molecular weight is 541 g/mol. The number of hydrogen-bond acceptors (Lipinski definition) is 6. The van der Waals surface area contributed by atoms with Gasteiger partial charge < -0.3 is 15.3 Å². The third kappa shape index (κ3) is 6.17. The van der Waals surface area contributed by atoms with Gasteiger partial charge in [0.1, 0.15) is 23.6 Å². The number of hydrazine groups is 1. The van der Waals surface area contributed by atoms with Gasteiger partial charge in [-0.05, 0) is 60.9 Å². The van der Waals surface area contributed by atoms with Gasteiger partial charge in [0.25, 0.3) is 0 Å². The van der Waals surface area contributed by atoms with Crippen molar-refractivity contribution in [2.75, 3.05) is 13.2 Å². The lowest BCUT2D eigenvalue weighted by molar-refractivity contribution is -0.274. The van der Waals surface area contributed by atoms with Crippen molar-refractivity contribution in [3.05, 3.63) is 83.4 Å². The Morgan fingerprint density at radius 2 is 1.66 bits per heavy atom. The van der Waals surface area contributed by atoms with Crippen molar-refractivity contribution in [1.29, 1.82) is 0 Å². The molecule has 0 saturated heterocycles. The van der Waals surface area contributed by atoms with E-state index in [0.717, 1.165) is 47.9 Å². The van der Waals surface area contributed by atoms with E-state index in [-0.39, 0.29) is 17.7 Å². The van der Waals surface area contributed by atoms with E-state index in [2.05, 4.69) is 14.8 Å². The smallest absolute Gasteiger partial charge is 0.406 e. The summed E-state index contributed by atoms with van der Waals surface area (Å²) in [5.41, 5.74) is -2.20. The largest absolute Gasteiger partial charge is 0.573 e. The average Bonchev–Trinajstić information content (AvgIpc) is 2.83. The second-order valence-electron chi connectivity index (χ2n) is 8.23. The Morgan fingerprint density at radius 1 is 1.00 bits per heavy atom. The minimum absolute atomic E-state index is 0.0299. The molecule has 7 nitrogen and oxygen atoms in total. The molecule has 0 aliphatic rings. The molecule has 0 amide bonds. The van der Waals surface area contributed by atoms with Gasteiger partial charge in [-0.1, -0.05) is 24.3 Å². The van der Waals surface area contributed by atoms with E-state index in [1.54, 1.807) is 0 Å². The molecule has 0 saturated carbocycles. The van der Waals surface area contributed by atoms with Gasteiger partial charge in [-0.25, -0.2) is 10.2 Å². The molecular weight excluding hydrogens is 516 g/mol. The first-order valence-corrected chi connectivity index (χ1v) is 11.2. The first kappa shape index (κ1) is 28.7. The Morgan fingerprint density at radius 3 is 2.18 bits per heavy atom. The summed E-state index contributed by atoms with van der Waals surface area (Å²) in [5.74, 6) is 6.12. The van der Waals surface area contributed by atoms with E-state index < -0.39 is 41.7 Å². The summed E-state index contributed by atoms with van der Waals surface area (Å²) in [6.45, 7) is 2.18. The molecule has 0 radical (unpaired) electrons. The number of ether oxygens (including phenoxy) is 2. The van der Waals surface area contributed by atoms with Crippen molar-refractivity contribution < 1.29 is 35.8 Å². The lowest BCUT2D eigenvalue weighted by Crippen LogP contribution is -2.55. The number of aryl methyl sites for hydroxylation is 1. The Hall–Kier alpha value is -3.84. The highest BCUT2D eigenvalue weighted by Gasteiger charge is 2.59. The minimum Gasteiger partial charge on any atom is -0.406 e. The lowest BCUT2D eigenvalue weighted by Gasteiger charge is -2.42. The van der Waals surface area contributed by atoms with Crippen molar-refractivity contribution in [3.8, 4) is 16.9 Å². The van der Waals surface area contributed by atoms with Gasteiger partial charge in [-0.3, -0.25) is 9.99 Å². The fourth-order valence-electron chi connectivity index (χ4n) is 4.08. The molecule has 0 aliphatic carbocycles. The number of hydrogen-bond donors (Lipinski definition) is 2. The van der Waals surface area contributed by atoms with Crippen molar-refractivity contribution in [1.82, 2.24) is 9.99 Å². The quantitative estimate of drug-likeness (QED) is 0.120. The van der Waals surface area contributed by atoms with Crippen molar-refractivity contribution in [3.63, 3.8) is 0 Å². The first-order valence-electron chi connectivity index (χ1n) is 11.2. The normalized spacial score (nSPS) is 13.9. The molecule has 0 bridgehead atoms. The number of benzene rings is 2. The molecule has 0 aliphatic heterocycles. The molecule has 38 heavy (non-hydrogen) atoms. The van der Waals surface area contributed by atoms with Crippen LogP contribution in [0, 0.1) is 12.7 Å². The van der Waals surface area contributed by atoms with E-state index in [1.165, 1.54) is 38.1 Å². The van der Waals surface area contributed by atoms with Gasteiger partial charge >= 0.3 is 12.3 Å². The molecule has 1 aromatic heterocycles. The molecule has 13 heteroatoms. The Kier molecular flexibility index (Phi) is 8.52. The predicted octanol–water partition coefficient (Wildman–Crippen LogP) is 5.20. The summed E-state index contributed by atoms with van der Waals surface area (Å²) in [7, 11) is 0. The second-order valence-corrected chi connectivity index (χ2v) is 8.23. The van der Waals surface area contributed by atoms with E-state index in [1.807, 2.05) is 0 Å². The van der Waals surface area contributed by atoms with Gasteiger partial charge in [0.2, 0.25) is 0 Å². The summed E-state index contributed by atoms with van der Waals surface area (Å²) in [6.07, 6.45) is -2.76. The van der Waals surface area contributed by atoms with Crippen LogP contribution in [-0.2, 0) is 16.3 Å². The van der Waals surface area contributed by atoms with Crippen molar-refractivity contribution >= 4 is 6.34 Å². The van der Waals surface area contributed by atoms with Crippen LogP contribution >= 0.6 is 0 Å². The summed E-state index contributed by atoms with van der Waals surface area (Å²) in [5, 5.41) is 4.09. The Bertz CT molecular complexity index is 1250. The van der Waals surface area contributed by atoms with Crippen molar-refractivity contribution in [2.45, 2.75) is 31.7 Å². The van der Waals surface area contributed by atoms with E-state index in [0.29, 0.717) is 11.1 Å². The van der Waals surface area contributed by atoms with Crippen LogP contribution in [0.5, 0.6) is 5.75 Å². The fraction of sp³-hybridized carbons (Fsp3) is 0.280. The van der Waals surface area contributed by atoms with Crippen LogP contribution in [0.1, 0.15) is 23.7 Å². The van der Waals surface area contributed by atoms with Gasteiger partial charge in [0, 0.05) is 18.4 Å². The van der Waals surface area contributed by atoms with Gasteiger partial charge in [-0.15, -0.1) is 13.2 Å². The molecule has 3 aromatic rings. The van der Waals surface area contributed by atoms with Crippen LogP contribution in [0.4, 0.5) is 26.3 Å². The van der Waals surface area contributed by atoms with Gasteiger partial charge in [0.05, 0.1) is 6.54 Å². The molecule has 1 atom stereocenters. The maximum atomic E-state index is 16.4. The summed E-state index contributed by atoms with van der Waals surface area (Å²) in [4.78, 5) is 3.95. The van der Waals surface area contributed by atoms with E-state index in [4.69, 9.17) is 16.4 Å². The van der Waals surface area contributed by atoms with Crippen LogP contribution in [0.3, 0.4) is 0 Å². The van der Waals surface area contributed by atoms with Gasteiger partial charge in [-0.2, -0.15) is 13.9 Å². The number of pyridine rings is 1. The summed E-state index contributed by atoms with van der Waals surface area (Å²) >= 11 is 0. The van der Waals surface area contributed by atoms with Crippen LogP contribution in [0.15, 0.2) is 65.9 Å². The minimum atomic E-state index is -4.85. The molecule has 0 unspecified atom stereocenters. The number of nitrogens with zero attached hydrogens (tertiary/aromatic N) is 3. The zero-order chi connectivity index (χ0) is 28.1. The van der Waals surface area contributed by atoms with E-state index >= 15 is 8.78 Å². The maximum Gasteiger partial charge on any atom is 0.573 e. The number of hydrazone groups is 1. The topological polar surface area (TPSA) is 99.0 Å². The predicted molar refractivity (Wildman–Crippen MR) is 128 cm³/mol. The van der Waals surface area contributed by atoms with Gasteiger partial charge in [0.15, 0.2) is 5.60 Å². The maximum absolute atomic E-state index is 16.4. The monoisotopic (exact) mass is 541 g/mol. The highest BCUT2D eigenvalue weighted by molar-refractivity contribution is 5.63. The third-order valence-corrected chi connectivity index (χ3v) is 5.65. The SMILES string of the molecule is CCO[C@@](CN(N)/C=N\N)(c1ccc(F)cc1C)C(F)(F)c1ccc(-c2ccc(OC(F)(F)F)cc2)cn1. The standard InChI is InChI=1S/C25H25F6N5O2/c1-3-37-23(14-36(33)15-35-32,21-10-7-19(26)12-16(21)2)24(27,28)22-11-6-18(13-34-22)17-4-8-20(9-5-17)38-25(29,30)31/h4-13,15H,3,14,32-33H2,1-2H3/b35-15-/t23-/m0/s1. The highest BCUT2D eigenvalue weighted by Crippen LogP contribution is 2.49. The van der Waals surface area contributed by atoms with Crippen LogP contribution < -0.4 is 16.4 Å². The number of alkyl halides is 5. The zero-order valence-corrected chi connectivity index (χ0v) is 20.3. The number of halogens is 6. The van der Waals surface area contributed by atoms with E-state index in [9.17, 15) is 17.6 Å². The van der Waals surface area contributed by atoms with Crippen LogP contribution in [-0.4, -0.2) is 35.8 Å². The Labute approximate surface area is 214 Å². The number of rotatable bonds is 10. The molecule has 204 valence electrons. The summed E-state index contributed by atoms with van der Waals surface area (Å²) in [6, 6.07) is 10.6. The molecular formula is C25H25F6N5O2. The molecule has 2 aromatic carbocycles. The highest BCUT2D eigenvalue weighted by atomic mass is 19.4. The fourth-order valence-corrected chi connectivity index (χ4v) is 4.08. The molecule has 0 spiro atoms. The molecule has 0 fully saturated rings. The molecule has 3 rings (SSSR count).